The largest absolute Gasteiger partial charge is 0.383 e. The van der Waals surface area contributed by atoms with E-state index in [4.69, 9.17) is 17.3 Å². The Hall–Kier alpha value is -1.20. The molecule has 0 atom stereocenters. The highest BCUT2D eigenvalue weighted by Crippen LogP contribution is 2.17. The Balaban J connectivity index is 3.29. The predicted octanol–water partition coefficient (Wildman–Crippen LogP) is 2.00. The van der Waals surface area contributed by atoms with E-state index in [2.05, 4.69) is 16.8 Å². The van der Waals surface area contributed by atoms with Crippen LogP contribution in [-0.2, 0) is 0 Å². The lowest BCUT2D eigenvalue weighted by molar-refractivity contribution is 1.26. The van der Waals surface area contributed by atoms with Crippen molar-refractivity contribution >= 4 is 17.4 Å². The normalized spacial score (nSPS) is 8.92. The van der Waals surface area contributed by atoms with Gasteiger partial charge in [0.2, 0.25) is 0 Å². The molecule has 0 aromatic carbocycles. The fourth-order valence-electron chi connectivity index (χ4n) is 0.839. The van der Waals surface area contributed by atoms with Gasteiger partial charge in [0.1, 0.15) is 11.0 Å². The number of hydrogen-bond donors (Lipinski definition) is 1. The molecule has 12 heavy (non-hydrogen) atoms. The molecule has 0 saturated carbocycles. The zero-order valence-electron chi connectivity index (χ0n) is 6.98. The Morgan fingerprint density at radius 2 is 2.25 bits per heavy atom. The molecule has 0 unspecified atom stereocenters. The first kappa shape index (κ1) is 8.89. The summed E-state index contributed by atoms with van der Waals surface area (Å²) in [4.78, 5) is 3.93. The summed E-state index contributed by atoms with van der Waals surface area (Å²) in [6, 6.07) is 1.83. The zero-order valence-corrected chi connectivity index (χ0v) is 7.74. The average Bonchev–Trinajstić information content (AvgIpc) is 2.01. The van der Waals surface area contributed by atoms with Crippen LogP contribution >= 0.6 is 11.6 Å². The summed E-state index contributed by atoms with van der Waals surface area (Å²) in [5, 5.41) is 0.439. The molecule has 2 nitrogen and oxygen atoms in total. The monoisotopic (exact) mass is 180 g/mol. The molecule has 0 fully saturated rings. The summed E-state index contributed by atoms with van der Waals surface area (Å²) in [6.45, 7) is 3.62. The molecule has 1 rings (SSSR count). The fraction of sp³-hybridized carbons (Fsp3) is 0.222. The van der Waals surface area contributed by atoms with E-state index in [1.54, 1.807) is 6.92 Å². The highest BCUT2D eigenvalue weighted by molar-refractivity contribution is 6.30. The van der Waals surface area contributed by atoms with Gasteiger partial charge in [-0.3, -0.25) is 0 Å². The molecule has 1 aromatic rings. The quantitative estimate of drug-likeness (QED) is 0.490. The highest BCUT2D eigenvalue weighted by Gasteiger charge is 2.01. The summed E-state index contributed by atoms with van der Waals surface area (Å²) in [5.74, 6) is 5.99. The minimum Gasteiger partial charge on any atom is -0.383 e. The third kappa shape index (κ3) is 1.69. The molecule has 2 N–H and O–H groups in total. The molecule has 0 aliphatic rings. The van der Waals surface area contributed by atoms with Gasteiger partial charge in [0.05, 0.1) is 5.56 Å². The summed E-state index contributed by atoms with van der Waals surface area (Å²) in [6.07, 6.45) is 0. The molecular weight excluding hydrogens is 172 g/mol. The second kappa shape index (κ2) is 3.46. The molecule has 1 heterocycles. The van der Waals surface area contributed by atoms with E-state index in [9.17, 15) is 0 Å². The maximum Gasteiger partial charge on any atom is 0.140 e. The Labute approximate surface area is 76.8 Å². The first-order valence-corrected chi connectivity index (χ1v) is 3.88. The van der Waals surface area contributed by atoms with Crippen LogP contribution < -0.4 is 5.73 Å². The number of aryl methyl sites for hydroxylation is 1. The minimum absolute atomic E-state index is 0.389. The molecule has 1 aromatic heterocycles. The molecule has 0 aliphatic carbocycles. The predicted molar refractivity (Wildman–Crippen MR) is 50.9 cm³/mol. The highest BCUT2D eigenvalue weighted by atomic mass is 35.5. The lowest BCUT2D eigenvalue weighted by Crippen LogP contribution is -1.96. The number of aromatic nitrogens is 1. The van der Waals surface area contributed by atoms with Crippen molar-refractivity contribution in [1.82, 2.24) is 4.98 Å². The van der Waals surface area contributed by atoms with Crippen molar-refractivity contribution in [1.29, 1.82) is 0 Å². The number of nitrogen functional groups attached to an aromatic ring is 1. The van der Waals surface area contributed by atoms with Crippen LogP contribution in [0, 0.1) is 18.8 Å². The maximum absolute atomic E-state index is 5.75. The van der Waals surface area contributed by atoms with Crippen LogP contribution in [0.15, 0.2) is 6.07 Å². The van der Waals surface area contributed by atoms with Gasteiger partial charge in [-0.05, 0) is 25.5 Å². The van der Waals surface area contributed by atoms with Crippen LogP contribution in [0.5, 0.6) is 0 Å². The van der Waals surface area contributed by atoms with Crippen molar-refractivity contribution in [2.24, 2.45) is 0 Å². The number of nitrogens with zero attached hydrogens (tertiary/aromatic N) is 1. The van der Waals surface area contributed by atoms with Crippen molar-refractivity contribution in [2.45, 2.75) is 13.8 Å². The van der Waals surface area contributed by atoms with Crippen LogP contribution in [0.3, 0.4) is 0 Å². The van der Waals surface area contributed by atoms with E-state index >= 15 is 0 Å². The van der Waals surface area contributed by atoms with Gasteiger partial charge >= 0.3 is 0 Å². The number of rotatable bonds is 0. The van der Waals surface area contributed by atoms with E-state index in [0.29, 0.717) is 11.0 Å². The van der Waals surface area contributed by atoms with E-state index < -0.39 is 0 Å². The summed E-state index contributed by atoms with van der Waals surface area (Å²) in [7, 11) is 0. The first-order valence-electron chi connectivity index (χ1n) is 3.50. The van der Waals surface area contributed by atoms with Gasteiger partial charge in [0.15, 0.2) is 0 Å². The smallest absolute Gasteiger partial charge is 0.140 e. The summed E-state index contributed by atoms with van der Waals surface area (Å²) in [5.41, 5.74) is 7.21. The molecule has 0 aliphatic heterocycles. The Morgan fingerprint density at radius 3 is 2.83 bits per heavy atom. The topological polar surface area (TPSA) is 38.9 Å². The fourth-order valence-corrected chi connectivity index (χ4v) is 0.985. The van der Waals surface area contributed by atoms with Gasteiger partial charge in [-0.2, -0.15) is 0 Å². The van der Waals surface area contributed by atoms with Crippen LogP contribution in [0.4, 0.5) is 5.82 Å². The van der Waals surface area contributed by atoms with Crippen LogP contribution in [0.1, 0.15) is 18.1 Å². The Morgan fingerprint density at radius 1 is 1.58 bits per heavy atom. The number of nitrogens with two attached hydrogens (primary N) is 1. The van der Waals surface area contributed by atoms with E-state index in [1.165, 1.54) is 0 Å². The molecule has 0 radical (unpaired) electrons. The van der Waals surface area contributed by atoms with Crippen LogP contribution in [0.2, 0.25) is 5.15 Å². The molecular formula is C9H9ClN2. The Kier molecular flexibility index (Phi) is 2.57. The van der Waals surface area contributed by atoms with Crippen molar-refractivity contribution in [3.8, 4) is 11.8 Å². The molecule has 0 amide bonds. The summed E-state index contributed by atoms with van der Waals surface area (Å²) < 4.78 is 0. The lowest BCUT2D eigenvalue weighted by Gasteiger charge is -2.00. The van der Waals surface area contributed by atoms with E-state index in [0.717, 1.165) is 11.1 Å². The third-order valence-corrected chi connectivity index (χ3v) is 1.82. The number of anilines is 1. The molecule has 0 spiro atoms. The SMILES string of the molecule is CC#Cc1cc(C)c(Cl)nc1N. The molecule has 62 valence electrons. The van der Waals surface area contributed by atoms with Gasteiger partial charge < -0.3 is 5.73 Å². The Bertz CT molecular complexity index is 361. The standard InChI is InChI=1S/C9H9ClN2/c1-3-4-7-5-6(2)8(10)12-9(7)11/h5H,1-2H3,(H2,11,12). The van der Waals surface area contributed by atoms with E-state index in [1.807, 2.05) is 13.0 Å². The average molecular weight is 181 g/mol. The minimum atomic E-state index is 0.389. The van der Waals surface area contributed by atoms with Crippen molar-refractivity contribution in [3.05, 3.63) is 22.3 Å². The molecule has 0 bridgehead atoms. The lowest BCUT2D eigenvalue weighted by atomic mass is 10.2. The first-order chi connectivity index (χ1) is 5.65. The third-order valence-electron chi connectivity index (χ3n) is 1.44. The maximum atomic E-state index is 5.75. The number of hydrogen-bond acceptors (Lipinski definition) is 2. The van der Waals surface area contributed by atoms with Crippen LogP contribution in [-0.4, -0.2) is 4.98 Å². The van der Waals surface area contributed by atoms with Crippen LogP contribution in [0.25, 0.3) is 0 Å². The summed E-state index contributed by atoms with van der Waals surface area (Å²) >= 11 is 5.75. The van der Waals surface area contributed by atoms with Crippen molar-refractivity contribution in [2.75, 3.05) is 5.73 Å². The van der Waals surface area contributed by atoms with Gasteiger partial charge in [-0.25, -0.2) is 4.98 Å². The molecule has 3 heteroatoms. The van der Waals surface area contributed by atoms with Crippen molar-refractivity contribution in [3.63, 3.8) is 0 Å². The van der Waals surface area contributed by atoms with Crippen molar-refractivity contribution < 1.29 is 0 Å². The van der Waals surface area contributed by atoms with E-state index in [-0.39, 0.29) is 0 Å². The molecule has 0 saturated heterocycles. The van der Waals surface area contributed by atoms with Gasteiger partial charge in [0, 0.05) is 0 Å². The van der Waals surface area contributed by atoms with Gasteiger partial charge in [0.25, 0.3) is 0 Å². The van der Waals surface area contributed by atoms with Gasteiger partial charge in [-0.15, -0.1) is 5.92 Å². The second-order valence-electron chi connectivity index (χ2n) is 2.40. The second-order valence-corrected chi connectivity index (χ2v) is 2.76. The van der Waals surface area contributed by atoms with Gasteiger partial charge in [-0.1, -0.05) is 17.5 Å². The number of halogens is 1. The zero-order chi connectivity index (χ0) is 9.14. The number of pyridine rings is 1.